The molecule has 136 valence electrons. The van der Waals surface area contributed by atoms with Gasteiger partial charge in [0.05, 0.1) is 12.6 Å². The fourth-order valence-electron chi connectivity index (χ4n) is 2.67. The molecule has 0 bridgehead atoms. The zero-order valence-electron chi connectivity index (χ0n) is 14.9. The Morgan fingerprint density at radius 1 is 1.00 bits per heavy atom. The Bertz CT molecular complexity index is 539. The maximum Gasteiger partial charge on any atom is 0.136 e. The lowest BCUT2D eigenvalue weighted by Gasteiger charge is -2.21. The van der Waals surface area contributed by atoms with Gasteiger partial charge in [0.15, 0.2) is 0 Å². The molecule has 0 amide bonds. The lowest BCUT2D eigenvalue weighted by Crippen LogP contribution is -2.31. The van der Waals surface area contributed by atoms with Gasteiger partial charge in [-0.05, 0) is 24.0 Å². The summed E-state index contributed by atoms with van der Waals surface area (Å²) in [5.41, 5.74) is 8.07. The molecule has 0 radical (unpaired) electrons. The van der Waals surface area contributed by atoms with E-state index in [1.807, 2.05) is 43.3 Å². The summed E-state index contributed by atoms with van der Waals surface area (Å²) in [6, 6.07) is 20.3. The molecule has 2 aromatic carbocycles. The van der Waals surface area contributed by atoms with Crippen molar-refractivity contribution in [1.29, 1.82) is 0 Å². The van der Waals surface area contributed by atoms with Crippen molar-refractivity contribution in [1.82, 2.24) is 5.32 Å². The Hall–Kier alpha value is -1.75. The van der Waals surface area contributed by atoms with Gasteiger partial charge in [0, 0.05) is 19.2 Å². The standard InChI is InChI=1S/C21H29FN2O/c1-2-20(23)13-14-25-16-19(22)15-24-21(17-9-5-3-6-10-17)18-11-7-4-8-12-18/h3-12,19-21,24H,2,13-16,23H2,1H3. The highest BCUT2D eigenvalue weighted by Crippen LogP contribution is 2.21. The molecule has 3 nitrogen and oxygen atoms in total. The third-order valence-electron chi connectivity index (χ3n) is 4.27. The summed E-state index contributed by atoms with van der Waals surface area (Å²) in [6.07, 6.45) is 0.639. The highest BCUT2D eigenvalue weighted by atomic mass is 19.1. The van der Waals surface area contributed by atoms with Crippen molar-refractivity contribution in [3.63, 3.8) is 0 Å². The van der Waals surface area contributed by atoms with Gasteiger partial charge in [0.1, 0.15) is 6.17 Å². The van der Waals surface area contributed by atoms with Crippen LogP contribution in [0.2, 0.25) is 0 Å². The zero-order valence-corrected chi connectivity index (χ0v) is 14.9. The summed E-state index contributed by atoms with van der Waals surface area (Å²) in [5, 5.41) is 3.33. The second-order valence-corrected chi connectivity index (χ2v) is 6.29. The van der Waals surface area contributed by atoms with Crippen LogP contribution in [-0.4, -0.2) is 32.0 Å². The van der Waals surface area contributed by atoms with Crippen LogP contribution in [-0.2, 0) is 4.74 Å². The highest BCUT2D eigenvalue weighted by Gasteiger charge is 2.16. The molecule has 0 aromatic heterocycles. The zero-order chi connectivity index (χ0) is 17.9. The normalized spacial score (nSPS) is 13.8. The summed E-state index contributed by atoms with van der Waals surface area (Å²) in [5.74, 6) is 0. The van der Waals surface area contributed by atoms with E-state index in [-0.39, 0.29) is 25.2 Å². The minimum atomic E-state index is -1.05. The van der Waals surface area contributed by atoms with E-state index < -0.39 is 6.17 Å². The van der Waals surface area contributed by atoms with E-state index in [4.69, 9.17) is 10.5 Å². The number of alkyl halides is 1. The average molecular weight is 344 g/mol. The smallest absolute Gasteiger partial charge is 0.136 e. The maximum absolute atomic E-state index is 14.2. The minimum Gasteiger partial charge on any atom is -0.378 e. The predicted octanol–water partition coefficient (Wildman–Crippen LogP) is 3.85. The van der Waals surface area contributed by atoms with E-state index in [1.165, 1.54) is 0 Å². The maximum atomic E-state index is 14.2. The van der Waals surface area contributed by atoms with Crippen molar-refractivity contribution in [3.8, 4) is 0 Å². The summed E-state index contributed by atoms with van der Waals surface area (Å²) in [7, 11) is 0. The van der Waals surface area contributed by atoms with Gasteiger partial charge in [0.25, 0.3) is 0 Å². The molecule has 2 atom stereocenters. The molecule has 0 heterocycles. The number of hydrogen-bond acceptors (Lipinski definition) is 3. The second-order valence-electron chi connectivity index (χ2n) is 6.29. The number of hydrogen-bond donors (Lipinski definition) is 2. The number of benzene rings is 2. The van der Waals surface area contributed by atoms with Crippen LogP contribution in [0.25, 0.3) is 0 Å². The van der Waals surface area contributed by atoms with Crippen LogP contribution in [0.4, 0.5) is 4.39 Å². The van der Waals surface area contributed by atoms with Crippen molar-refractivity contribution in [2.24, 2.45) is 5.73 Å². The van der Waals surface area contributed by atoms with E-state index in [0.717, 1.165) is 24.0 Å². The first-order valence-corrected chi connectivity index (χ1v) is 9.01. The van der Waals surface area contributed by atoms with Gasteiger partial charge in [-0.15, -0.1) is 0 Å². The highest BCUT2D eigenvalue weighted by molar-refractivity contribution is 5.31. The first-order valence-electron chi connectivity index (χ1n) is 9.01. The summed E-state index contributed by atoms with van der Waals surface area (Å²) < 4.78 is 19.6. The summed E-state index contributed by atoms with van der Waals surface area (Å²) in [4.78, 5) is 0. The van der Waals surface area contributed by atoms with E-state index >= 15 is 0 Å². The molecule has 0 spiro atoms. The van der Waals surface area contributed by atoms with Crippen LogP contribution in [0.3, 0.4) is 0 Å². The first kappa shape index (κ1) is 19.6. The Morgan fingerprint density at radius 3 is 2.08 bits per heavy atom. The fraction of sp³-hybridized carbons (Fsp3) is 0.429. The number of nitrogens with two attached hydrogens (primary N) is 1. The van der Waals surface area contributed by atoms with Crippen molar-refractivity contribution in [2.75, 3.05) is 19.8 Å². The van der Waals surface area contributed by atoms with Crippen LogP contribution >= 0.6 is 0 Å². The monoisotopic (exact) mass is 344 g/mol. The number of halogens is 1. The quantitative estimate of drug-likeness (QED) is 0.609. The lowest BCUT2D eigenvalue weighted by molar-refractivity contribution is 0.0751. The Morgan fingerprint density at radius 2 is 1.56 bits per heavy atom. The molecule has 3 N–H and O–H groups in total. The molecule has 2 unspecified atom stereocenters. The number of rotatable bonds is 11. The van der Waals surface area contributed by atoms with Gasteiger partial charge in [-0.25, -0.2) is 4.39 Å². The van der Waals surface area contributed by atoms with Gasteiger partial charge in [-0.3, -0.25) is 0 Å². The molecule has 0 saturated heterocycles. The molecular weight excluding hydrogens is 315 g/mol. The van der Waals surface area contributed by atoms with Crippen LogP contribution in [0.5, 0.6) is 0 Å². The fourth-order valence-corrected chi connectivity index (χ4v) is 2.67. The van der Waals surface area contributed by atoms with Crippen LogP contribution < -0.4 is 11.1 Å². The van der Waals surface area contributed by atoms with E-state index in [9.17, 15) is 4.39 Å². The average Bonchev–Trinajstić information content (AvgIpc) is 2.67. The molecule has 0 aliphatic heterocycles. The van der Waals surface area contributed by atoms with Crippen molar-refractivity contribution < 1.29 is 9.13 Å². The third kappa shape index (κ3) is 6.94. The van der Waals surface area contributed by atoms with Crippen LogP contribution in [0.15, 0.2) is 60.7 Å². The number of ether oxygens (including phenoxy) is 1. The van der Waals surface area contributed by atoms with Crippen molar-refractivity contribution >= 4 is 0 Å². The third-order valence-corrected chi connectivity index (χ3v) is 4.27. The SMILES string of the molecule is CCC(N)CCOCC(F)CNC(c1ccccc1)c1ccccc1. The van der Waals surface area contributed by atoms with Gasteiger partial charge in [-0.2, -0.15) is 0 Å². The van der Waals surface area contributed by atoms with Gasteiger partial charge < -0.3 is 15.8 Å². The van der Waals surface area contributed by atoms with Crippen LogP contribution in [0, 0.1) is 0 Å². The molecule has 0 aliphatic rings. The molecule has 4 heteroatoms. The van der Waals surface area contributed by atoms with Crippen molar-refractivity contribution in [3.05, 3.63) is 71.8 Å². The van der Waals surface area contributed by atoms with E-state index in [2.05, 4.69) is 29.6 Å². The summed E-state index contributed by atoms with van der Waals surface area (Å²) in [6.45, 7) is 2.89. The first-order chi connectivity index (χ1) is 12.2. The topological polar surface area (TPSA) is 47.3 Å². The molecule has 25 heavy (non-hydrogen) atoms. The van der Waals surface area contributed by atoms with Gasteiger partial charge in [0.2, 0.25) is 0 Å². The molecule has 0 saturated carbocycles. The minimum absolute atomic E-state index is 0.0332. The molecule has 0 fully saturated rings. The van der Waals surface area contributed by atoms with E-state index in [0.29, 0.717) is 6.61 Å². The Balaban J connectivity index is 1.86. The van der Waals surface area contributed by atoms with Gasteiger partial charge in [-0.1, -0.05) is 67.6 Å². The largest absolute Gasteiger partial charge is 0.378 e. The number of nitrogens with one attached hydrogen (secondary N) is 1. The lowest BCUT2D eigenvalue weighted by atomic mass is 9.98. The molecular formula is C21H29FN2O. The molecule has 0 aliphatic carbocycles. The van der Waals surface area contributed by atoms with Crippen LogP contribution in [0.1, 0.15) is 36.9 Å². The Kier molecular flexibility index (Phi) is 8.60. The molecule has 2 rings (SSSR count). The predicted molar refractivity (Wildman–Crippen MR) is 101 cm³/mol. The molecule has 2 aromatic rings. The Labute approximate surface area is 150 Å². The van der Waals surface area contributed by atoms with Crippen molar-refractivity contribution in [2.45, 2.75) is 38.0 Å². The van der Waals surface area contributed by atoms with Gasteiger partial charge >= 0.3 is 0 Å². The van der Waals surface area contributed by atoms with E-state index in [1.54, 1.807) is 0 Å². The summed E-state index contributed by atoms with van der Waals surface area (Å²) >= 11 is 0. The second kappa shape index (κ2) is 11.0.